The van der Waals surface area contributed by atoms with E-state index in [1.54, 1.807) is 30.3 Å². The number of carbonyl (C=O) groups excluding carboxylic acids is 2. The van der Waals surface area contributed by atoms with Crippen LogP contribution in [0.15, 0.2) is 72.0 Å². The van der Waals surface area contributed by atoms with Crippen molar-refractivity contribution in [1.29, 1.82) is 5.41 Å². The molecule has 0 bridgehead atoms. The van der Waals surface area contributed by atoms with Crippen molar-refractivity contribution in [2.45, 2.75) is 6.92 Å². The van der Waals surface area contributed by atoms with Crippen LogP contribution in [0.2, 0.25) is 0 Å². The number of imide groups is 1. The molecule has 0 spiro atoms. The summed E-state index contributed by atoms with van der Waals surface area (Å²) in [6.07, 6.45) is 4.94. The van der Waals surface area contributed by atoms with Crippen molar-refractivity contribution in [2.24, 2.45) is 0 Å². The zero-order valence-corrected chi connectivity index (χ0v) is 20.6. The summed E-state index contributed by atoms with van der Waals surface area (Å²) in [7, 11) is 0. The molecule has 0 atom stereocenters. The second-order valence-electron chi connectivity index (χ2n) is 6.13. The molecule has 2 amide bonds. The average Bonchev–Trinajstić information content (AvgIpc) is 2.79. The van der Waals surface area contributed by atoms with Gasteiger partial charge in [-0.25, -0.2) is 6.08 Å². The van der Waals surface area contributed by atoms with Crippen LogP contribution in [0.3, 0.4) is 0 Å². The van der Waals surface area contributed by atoms with E-state index in [2.05, 4.69) is 6.08 Å². The minimum Gasteiger partial charge on any atom is -0.774 e. The molecule has 0 heterocycles. The maximum Gasteiger partial charge on any atom is 1.00 e. The van der Waals surface area contributed by atoms with Gasteiger partial charge in [-0.3, -0.25) is 52.2 Å². The number of amides is 2. The van der Waals surface area contributed by atoms with E-state index < -0.39 is 43.5 Å². The van der Waals surface area contributed by atoms with Crippen molar-refractivity contribution in [3.05, 3.63) is 109 Å². The second kappa shape index (κ2) is 16.4. The number of alkyl halides is 1. The number of hydrogen-bond donors (Lipinski definition) is 3. The molecule has 0 aliphatic heterocycles. The van der Waals surface area contributed by atoms with E-state index in [1.165, 1.54) is 43.3 Å². The van der Waals surface area contributed by atoms with Crippen LogP contribution < -0.4 is 24.2 Å². The molecular formula is C23H20ILiN4O5-2. The first-order valence-electron chi connectivity index (χ1n) is 9.21. The van der Waals surface area contributed by atoms with Crippen LogP contribution in [0.5, 0.6) is 0 Å². The SMILES string of the molecule is C/C(O)=C(/C(=N)c1ccccc1)C(=O)NC(=O)[C-]=Cc1cccc([N+](=O)[O-])c1.[CH-]=CCI=[N-].[Li+]. The van der Waals surface area contributed by atoms with E-state index in [0.717, 1.165) is 0 Å². The van der Waals surface area contributed by atoms with Crippen LogP contribution in [0.4, 0.5) is 5.69 Å². The van der Waals surface area contributed by atoms with E-state index in [1.807, 2.05) is 5.32 Å². The molecule has 34 heavy (non-hydrogen) atoms. The van der Waals surface area contributed by atoms with E-state index in [0.29, 0.717) is 15.6 Å². The van der Waals surface area contributed by atoms with Gasteiger partial charge in [0, 0.05) is 11.6 Å². The van der Waals surface area contributed by atoms with Gasteiger partial charge >= 0.3 is 18.9 Å². The molecule has 2 rings (SSSR count). The number of nitro groups is 1. The van der Waals surface area contributed by atoms with Gasteiger partial charge in [0.15, 0.2) is 5.91 Å². The monoisotopic (exact) mass is 566 g/mol. The molecule has 0 saturated heterocycles. The fourth-order valence-electron chi connectivity index (χ4n) is 2.33. The fraction of sp³-hybridized carbons (Fsp3) is 0.0870. The number of aliphatic hydroxyl groups excluding tert-OH is 1. The summed E-state index contributed by atoms with van der Waals surface area (Å²) in [5.41, 5.74) is 0.00211. The maximum absolute atomic E-state index is 12.3. The largest absolute Gasteiger partial charge is 1.00 e. The van der Waals surface area contributed by atoms with Gasteiger partial charge in [-0.05, 0) is 11.4 Å². The molecule has 11 heteroatoms. The standard InChI is InChI=1S/C20H16N3O5.C3H4IN.Li/c1-13(24)18(19(21)15-7-3-2-4-8-15)20(26)22-17(25)11-10-14-6-5-9-16(12-14)23(27)28;1-2-3-4-5;/h2-10,12,21,24H,1H3,(H,22,25,26);1-2H,3H2;/q-1;-2;+1/b18-13+,21-19?;;. The normalized spacial score (nSPS) is 10.6. The summed E-state index contributed by atoms with van der Waals surface area (Å²) < 4.78 is 8.77. The second-order valence-corrected chi connectivity index (χ2v) is 7.70. The summed E-state index contributed by atoms with van der Waals surface area (Å²) in [6, 6.07) is 13.8. The van der Waals surface area contributed by atoms with Crippen LogP contribution in [0, 0.1) is 28.2 Å². The predicted molar refractivity (Wildman–Crippen MR) is 134 cm³/mol. The van der Waals surface area contributed by atoms with Gasteiger partial charge in [-0.15, -0.1) is 6.07 Å². The number of halogens is 1. The molecule has 172 valence electrons. The maximum atomic E-state index is 12.3. The third-order valence-electron chi connectivity index (χ3n) is 3.74. The number of allylic oxidation sites excluding steroid dienone is 2. The summed E-state index contributed by atoms with van der Waals surface area (Å²) in [5, 5.41) is 30.7. The Balaban J connectivity index is 0.00000164. The average molecular weight is 566 g/mol. The van der Waals surface area contributed by atoms with E-state index in [9.17, 15) is 24.8 Å². The molecule has 0 aliphatic carbocycles. The van der Waals surface area contributed by atoms with Gasteiger partial charge in [0.2, 0.25) is 0 Å². The quantitative estimate of drug-likeness (QED) is 0.0510. The molecule has 2 aromatic carbocycles. The topological polar surface area (TPSA) is 156 Å². The molecule has 0 aliphatic rings. The fourth-order valence-corrected chi connectivity index (χ4v) is 2.55. The first kappa shape index (κ1) is 30.8. The van der Waals surface area contributed by atoms with Crippen LogP contribution in [0.25, 0.3) is 9.64 Å². The molecule has 0 saturated carbocycles. The number of nitrogens with one attached hydrogen (secondary N) is 2. The Morgan fingerprint density at radius 1 is 1.26 bits per heavy atom. The third-order valence-corrected chi connectivity index (χ3v) is 4.64. The van der Waals surface area contributed by atoms with E-state index >= 15 is 0 Å². The molecular weight excluding hydrogens is 546 g/mol. The van der Waals surface area contributed by atoms with E-state index in [4.69, 9.17) is 15.6 Å². The van der Waals surface area contributed by atoms with Crippen LogP contribution in [-0.2, 0) is 9.59 Å². The zero-order valence-electron chi connectivity index (χ0n) is 18.5. The first-order valence-corrected chi connectivity index (χ1v) is 11.7. The first-order chi connectivity index (χ1) is 15.7. The van der Waals surface area contributed by atoms with Crippen LogP contribution in [0.1, 0.15) is 18.1 Å². The van der Waals surface area contributed by atoms with Gasteiger partial charge < -0.3 is 20.6 Å². The number of benzene rings is 2. The van der Waals surface area contributed by atoms with Gasteiger partial charge in [-0.2, -0.15) is 11.6 Å². The van der Waals surface area contributed by atoms with Gasteiger partial charge in [-0.1, -0.05) is 42.5 Å². The number of rotatable bonds is 8. The molecule has 0 radical (unpaired) electrons. The number of nitrogens with zero attached hydrogens (tertiary/aromatic N) is 2. The van der Waals surface area contributed by atoms with E-state index in [-0.39, 0.29) is 35.8 Å². The number of aliphatic hydroxyl groups is 1. The Morgan fingerprint density at radius 3 is 2.41 bits per heavy atom. The number of hydrogen-bond acceptors (Lipinski definition) is 6. The molecule has 0 fully saturated rings. The molecule has 3 N–H and O–H groups in total. The zero-order chi connectivity index (χ0) is 24.8. The van der Waals surface area contributed by atoms with Crippen LogP contribution in [-0.4, -0.2) is 32.0 Å². The summed E-state index contributed by atoms with van der Waals surface area (Å²) in [4.78, 5) is 34.5. The molecule has 0 aromatic heterocycles. The minimum absolute atomic E-state index is 0. The summed E-state index contributed by atoms with van der Waals surface area (Å²) in [6.45, 7) is 6.12. The molecule has 0 unspecified atom stereocenters. The van der Waals surface area contributed by atoms with Crippen molar-refractivity contribution >= 4 is 50.3 Å². The number of nitro benzene ring substituents is 1. The Labute approximate surface area is 219 Å². The molecule has 9 nitrogen and oxygen atoms in total. The molecule has 2 aromatic rings. The van der Waals surface area contributed by atoms with Crippen molar-refractivity contribution in [3.63, 3.8) is 0 Å². The van der Waals surface area contributed by atoms with Gasteiger partial charge in [0.1, 0.15) is 11.3 Å². The number of non-ortho nitro benzene ring substituents is 1. The minimum atomic E-state index is -0.959. The Kier molecular flexibility index (Phi) is 14.9. The van der Waals surface area contributed by atoms with Crippen LogP contribution >= 0.6 is 21.0 Å². The van der Waals surface area contributed by atoms with Crippen molar-refractivity contribution < 1.29 is 38.5 Å². The van der Waals surface area contributed by atoms with Crippen molar-refractivity contribution in [1.82, 2.24) is 5.32 Å². The Bertz CT molecular complexity index is 1110. The summed E-state index contributed by atoms with van der Waals surface area (Å²) >= 11 is -0.573. The smallest absolute Gasteiger partial charge is 0.774 e. The predicted octanol–water partition coefficient (Wildman–Crippen LogP) is 1.66. The Hall–Kier alpha value is -3.20. The summed E-state index contributed by atoms with van der Waals surface area (Å²) in [5.74, 6) is -2.29. The van der Waals surface area contributed by atoms with Gasteiger partial charge in [0.25, 0.3) is 11.6 Å². The van der Waals surface area contributed by atoms with Crippen molar-refractivity contribution in [2.75, 3.05) is 4.43 Å². The van der Waals surface area contributed by atoms with Gasteiger partial charge in [0.05, 0.1) is 10.6 Å². The van der Waals surface area contributed by atoms with Crippen molar-refractivity contribution in [3.8, 4) is 0 Å². The Morgan fingerprint density at radius 2 is 1.91 bits per heavy atom. The number of carbonyl (C=O) groups is 2. The third kappa shape index (κ3) is 10.6.